The van der Waals surface area contributed by atoms with Gasteiger partial charge in [-0.15, -0.1) is 11.3 Å². The molecule has 0 aromatic carbocycles. The van der Waals surface area contributed by atoms with Crippen LogP contribution in [0.2, 0.25) is 4.34 Å². The average Bonchev–Trinajstić information content (AvgIpc) is 2.52. The maximum absolute atomic E-state index is 6.00. The van der Waals surface area contributed by atoms with E-state index < -0.39 is 0 Å². The summed E-state index contributed by atoms with van der Waals surface area (Å²) in [6.45, 7) is 4.87. The fourth-order valence-electron chi connectivity index (χ4n) is 3.24. The van der Waals surface area contributed by atoms with Gasteiger partial charge in [0.05, 0.1) is 4.34 Å². The van der Waals surface area contributed by atoms with E-state index in [-0.39, 0.29) is 0 Å². The van der Waals surface area contributed by atoms with Crippen LogP contribution in [-0.4, -0.2) is 42.5 Å². The van der Waals surface area contributed by atoms with Crippen molar-refractivity contribution in [3.05, 3.63) is 21.3 Å². The fourth-order valence-corrected chi connectivity index (χ4v) is 4.36. The summed E-state index contributed by atoms with van der Waals surface area (Å²) in [5, 5.41) is 0. The van der Waals surface area contributed by atoms with Crippen LogP contribution in [0.25, 0.3) is 0 Å². The van der Waals surface area contributed by atoms with Crippen molar-refractivity contribution in [1.82, 2.24) is 9.80 Å². The van der Waals surface area contributed by atoms with Gasteiger partial charge in [0, 0.05) is 37.1 Å². The number of likely N-dealkylation sites (N-methyl/N-ethyl adjacent to an activating group) is 1. The molecule has 1 aromatic rings. The lowest BCUT2D eigenvalue weighted by molar-refractivity contribution is 0.125. The molecule has 4 heteroatoms. The summed E-state index contributed by atoms with van der Waals surface area (Å²) in [5.41, 5.74) is 0. The Kier molecular flexibility index (Phi) is 3.44. The van der Waals surface area contributed by atoms with E-state index in [0.29, 0.717) is 0 Å². The summed E-state index contributed by atoms with van der Waals surface area (Å²) in [7, 11) is 2.26. The molecular formula is C13H19ClN2S. The van der Waals surface area contributed by atoms with Gasteiger partial charge in [-0.1, -0.05) is 11.6 Å². The number of piperidine rings is 1. The average molecular weight is 271 g/mol. The van der Waals surface area contributed by atoms with Gasteiger partial charge in [0.1, 0.15) is 0 Å². The van der Waals surface area contributed by atoms with Crippen LogP contribution in [0, 0.1) is 5.92 Å². The quantitative estimate of drug-likeness (QED) is 0.815. The molecule has 3 aliphatic rings. The van der Waals surface area contributed by atoms with Crippen molar-refractivity contribution in [2.45, 2.75) is 25.4 Å². The molecule has 4 heterocycles. The van der Waals surface area contributed by atoms with Crippen molar-refractivity contribution in [1.29, 1.82) is 0 Å². The largest absolute Gasteiger partial charge is 0.304 e. The Labute approximate surface area is 112 Å². The second-order valence-corrected chi connectivity index (χ2v) is 7.25. The lowest BCUT2D eigenvalue weighted by Crippen LogP contribution is -2.42. The number of nitrogens with zero attached hydrogens (tertiary/aromatic N) is 2. The molecule has 0 amide bonds. The Hall–Kier alpha value is -0.0900. The van der Waals surface area contributed by atoms with E-state index in [1.54, 1.807) is 11.3 Å². The first-order chi connectivity index (χ1) is 8.20. The lowest BCUT2D eigenvalue weighted by Gasteiger charge is -2.35. The second-order valence-electron chi connectivity index (χ2n) is 5.45. The number of halogens is 1. The van der Waals surface area contributed by atoms with Crippen LogP contribution in [0.4, 0.5) is 0 Å². The minimum absolute atomic E-state index is 0.750. The van der Waals surface area contributed by atoms with Gasteiger partial charge in [0.2, 0.25) is 0 Å². The molecule has 2 atom stereocenters. The Morgan fingerprint density at radius 3 is 2.94 bits per heavy atom. The zero-order chi connectivity index (χ0) is 11.8. The molecule has 2 nitrogen and oxygen atoms in total. The van der Waals surface area contributed by atoms with Crippen molar-refractivity contribution >= 4 is 22.9 Å². The van der Waals surface area contributed by atoms with Crippen molar-refractivity contribution < 1.29 is 0 Å². The van der Waals surface area contributed by atoms with Crippen LogP contribution in [0.3, 0.4) is 0 Å². The van der Waals surface area contributed by atoms with Crippen LogP contribution >= 0.6 is 22.9 Å². The minimum Gasteiger partial charge on any atom is -0.304 e. The molecule has 4 rings (SSSR count). The highest BCUT2D eigenvalue weighted by Gasteiger charge is 2.33. The topological polar surface area (TPSA) is 6.48 Å². The molecule has 3 saturated heterocycles. The first kappa shape index (κ1) is 12.0. The monoisotopic (exact) mass is 270 g/mol. The van der Waals surface area contributed by atoms with Crippen LogP contribution in [-0.2, 0) is 6.54 Å². The maximum Gasteiger partial charge on any atom is 0.0931 e. The van der Waals surface area contributed by atoms with Crippen molar-refractivity contribution in [3.8, 4) is 0 Å². The Morgan fingerprint density at radius 1 is 1.29 bits per heavy atom. The molecule has 0 spiro atoms. The maximum atomic E-state index is 6.00. The molecule has 0 N–H and O–H groups in total. The van der Waals surface area contributed by atoms with Gasteiger partial charge >= 0.3 is 0 Å². The molecule has 2 bridgehead atoms. The van der Waals surface area contributed by atoms with Gasteiger partial charge in [0.15, 0.2) is 0 Å². The van der Waals surface area contributed by atoms with Crippen molar-refractivity contribution in [2.75, 3.05) is 26.7 Å². The number of fused-ring (bicyclic) bond motifs is 4. The van der Waals surface area contributed by atoms with E-state index in [1.807, 2.05) is 6.07 Å². The van der Waals surface area contributed by atoms with Crippen molar-refractivity contribution in [2.24, 2.45) is 5.92 Å². The van der Waals surface area contributed by atoms with E-state index in [4.69, 9.17) is 11.6 Å². The molecule has 0 aliphatic carbocycles. The Bertz CT molecular complexity index is 393. The van der Waals surface area contributed by atoms with Gasteiger partial charge < -0.3 is 4.90 Å². The van der Waals surface area contributed by atoms with Gasteiger partial charge in [-0.25, -0.2) is 0 Å². The predicted octanol–water partition coefficient (Wildman–Crippen LogP) is 2.93. The third-order valence-electron chi connectivity index (χ3n) is 4.00. The third kappa shape index (κ3) is 2.68. The Morgan fingerprint density at radius 2 is 2.18 bits per heavy atom. The standard InChI is InChI=1S/C13H19ClN2S/c1-15-6-10-2-3-11(8-15)16(7-10)9-12-4-5-13(14)17-12/h4-5,10-11H,2-3,6-9H2,1H3/t10-,11+/m0/s1. The fraction of sp³-hybridized carbons (Fsp3) is 0.692. The smallest absolute Gasteiger partial charge is 0.0931 e. The summed E-state index contributed by atoms with van der Waals surface area (Å²) in [6, 6.07) is 4.94. The van der Waals surface area contributed by atoms with E-state index in [2.05, 4.69) is 22.9 Å². The van der Waals surface area contributed by atoms with E-state index >= 15 is 0 Å². The number of rotatable bonds is 2. The highest BCUT2D eigenvalue weighted by atomic mass is 35.5. The van der Waals surface area contributed by atoms with Crippen LogP contribution < -0.4 is 0 Å². The third-order valence-corrected chi connectivity index (χ3v) is 5.21. The molecule has 3 aliphatic heterocycles. The van der Waals surface area contributed by atoms with Gasteiger partial charge in [-0.3, -0.25) is 4.90 Å². The normalized spacial score (nSPS) is 30.7. The first-order valence-corrected chi connectivity index (χ1v) is 7.57. The summed E-state index contributed by atoms with van der Waals surface area (Å²) >= 11 is 7.73. The van der Waals surface area contributed by atoms with Crippen molar-refractivity contribution in [3.63, 3.8) is 0 Å². The molecule has 0 saturated carbocycles. The summed E-state index contributed by atoms with van der Waals surface area (Å²) in [4.78, 5) is 6.58. The number of hydrogen-bond donors (Lipinski definition) is 0. The highest BCUT2D eigenvalue weighted by Crippen LogP contribution is 2.30. The SMILES string of the molecule is CN1C[C@@H]2CC[C@H](C1)N(Cc1ccc(Cl)s1)C2. The lowest BCUT2D eigenvalue weighted by atomic mass is 9.95. The second kappa shape index (κ2) is 4.88. The zero-order valence-corrected chi connectivity index (χ0v) is 11.8. The molecule has 3 fully saturated rings. The minimum atomic E-state index is 0.750. The molecule has 0 unspecified atom stereocenters. The predicted molar refractivity (Wildman–Crippen MR) is 73.7 cm³/mol. The van der Waals surface area contributed by atoms with E-state index in [9.17, 15) is 0 Å². The van der Waals surface area contributed by atoms with Crippen LogP contribution in [0.5, 0.6) is 0 Å². The van der Waals surface area contributed by atoms with Crippen LogP contribution in [0.15, 0.2) is 12.1 Å². The summed E-state index contributed by atoms with van der Waals surface area (Å²) in [6.07, 6.45) is 2.78. The first-order valence-electron chi connectivity index (χ1n) is 6.37. The summed E-state index contributed by atoms with van der Waals surface area (Å²) < 4.78 is 0.914. The number of thiophene rings is 1. The summed E-state index contributed by atoms with van der Waals surface area (Å²) in [5.74, 6) is 0.870. The molecule has 17 heavy (non-hydrogen) atoms. The number of hydrogen-bond acceptors (Lipinski definition) is 3. The van der Waals surface area contributed by atoms with Gasteiger partial charge in [-0.05, 0) is 37.9 Å². The van der Waals surface area contributed by atoms with E-state index in [1.165, 1.54) is 37.4 Å². The van der Waals surface area contributed by atoms with Gasteiger partial charge in [0.25, 0.3) is 0 Å². The molecule has 0 radical (unpaired) electrons. The Balaban J connectivity index is 1.71. The highest BCUT2D eigenvalue weighted by molar-refractivity contribution is 7.16. The molecule has 1 aromatic heterocycles. The van der Waals surface area contributed by atoms with Crippen LogP contribution in [0.1, 0.15) is 17.7 Å². The molecular weight excluding hydrogens is 252 g/mol. The zero-order valence-electron chi connectivity index (χ0n) is 10.2. The van der Waals surface area contributed by atoms with E-state index in [0.717, 1.165) is 22.8 Å². The molecule has 94 valence electrons. The van der Waals surface area contributed by atoms with Gasteiger partial charge in [-0.2, -0.15) is 0 Å².